The highest BCUT2D eigenvalue weighted by molar-refractivity contribution is 9.10. The van der Waals surface area contributed by atoms with Crippen LogP contribution in [0.2, 0.25) is 0 Å². The fourth-order valence-electron chi connectivity index (χ4n) is 1.47. The van der Waals surface area contributed by atoms with Gasteiger partial charge in [-0.1, -0.05) is 0 Å². The van der Waals surface area contributed by atoms with Gasteiger partial charge in [0.15, 0.2) is 0 Å². The molecule has 1 aromatic heterocycles. The smallest absolute Gasteiger partial charge is 0.272 e. The van der Waals surface area contributed by atoms with Gasteiger partial charge in [-0.3, -0.25) is 4.79 Å². The number of nitrogens with zero attached hydrogens (tertiary/aromatic N) is 2. The largest absolute Gasteiger partial charge is 0.340 e. The van der Waals surface area contributed by atoms with Gasteiger partial charge in [0.25, 0.3) is 5.91 Å². The van der Waals surface area contributed by atoms with Crippen molar-refractivity contribution in [3.05, 3.63) is 28.5 Å². The Balaban J connectivity index is 2.02. The van der Waals surface area contributed by atoms with E-state index in [0.717, 1.165) is 16.9 Å². The quantitative estimate of drug-likeness (QED) is 0.843. The normalized spacial score (nSPS) is 15.1. The molecule has 0 radical (unpaired) electrons. The average Bonchev–Trinajstić information content (AvgIpc) is 3.02. The van der Waals surface area contributed by atoms with Gasteiger partial charge in [0, 0.05) is 24.3 Å². The lowest BCUT2D eigenvalue weighted by Gasteiger charge is -2.15. The van der Waals surface area contributed by atoms with E-state index in [-0.39, 0.29) is 5.91 Å². The lowest BCUT2D eigenvalue weighted by atomic mass is 10.3. The molecule has 0 unspecified atom stereocenters. The minimum atomic E-state index is 0.00870. The Kier molecular flexibility index (Phi) is 3.05. The Hall–Kier alpha value is -0.900. The molecule has 1 fully saturated rings. The van der Waals surface area contributed by atoms with Crippen molar-refractivity contribution in [2.75, 3.05) is 13.6 Å². The van der Waals surface area contributed by atoms with Gasteiger partial charge < -0.3 is 4.90 Å². The fraction of sp³-hybridized carbons (Fsp3) is 0.455. The second kappa shape index (κ2) is 4.31. The molecule has 1 heterocycles. The molecule has 0 N–H and O–H groups in total. The molecule has 0 atom stereocenters. The monoisotopic (exact) mass is 268 g/mol. The molecule has 1 saturated carbocycles. The molecule has 1 aromatic rings. The highest BCUT2D eigenvalue weighted by Gasteiger charge is 2.25. The number of pyridine rings is 1. The second-order valence-electron chi connectivity index (χ2n) is 3.99. The lowest BCUT2D eigenvalue weighted by molar-refractivity contribution is 0.0783. The average molecular weight is 269 g/mol. The van der Waals surface area contributed by atoms with Crippen LogP contribution in [0.4, 0.5) is 0 Å². The molecule has 3 nitrogen and oxygen atoms in total. The third kappa shape index (κ3) is 2.78. The first-order valence-corrected chi connectivity index (χ1v) is 5.83. The number of halogens is 1. The van der Waals surface area contributed by atoms with E-state index in [0.29, 0.717) is 5.69 Å². The van der Waals surface area contributed by atoms with Crippen molar-refractivity contribution >= 4 is 21.8 Å². The summed E-state index contributed by atoms with van der Waals surface area (Å²) in [5.41, 5.74) is 0.515. The highest BCUT2D eigenvalue weighted by atomic mass is 79.9. The Morgan fingerprint density at radius 2 is 2.33 bits per heavy atom. The first-order valence-electron chi connectivity index (χ1n) is 5.04. The summed E-state index contributed by atoms with van der Waals surface area (Å²) in [5.74, 6) is 0.726. The van der Waals surface area contributed by atoms with Crippen molar-refractivity contribution in [2.45, 2.75) is 12.8 Å². The van der Waals surface area contributed by atoms with Crippen LogP contribution in [-0.4, -0.2) is 29.4 Å². The molecular formula is C11H13BrN2O. The van der Waals surface area contributed by atoms with E-state index in [1.54, 1.807) is 17.2 Å². The lowest BCUT2D eigenvalue weighted by Crippen LogP contribution is -2.29. The molecule has 1 aliphatic rings. The molecule has 0 aliphatic heterocycles. The first-order chi connectivity index (χ1) is 7.16. The fourth-order valence-corrected chi connectivity index (χ4v) is 1.70. The van der Waals surface area contributed by atoms with Crippen molar-refractivity contribution in [3.8, 4) is 0 Å². The second-order valence-corrected chi connectivity index (χ2v) is 4.91. The molecule has 2 rings (SSSR count). The first kappa shape index (κ1) is 10.6. The number of rotatable bonds is 3. The maximum atomic E-state index is 11.9. The maximum Gasteiger partial charge on any atom is 0.272 e. The number of carbonyl (C=O) groups is 1. The Bertz CT molecular complexity index is 359. The highest BCUT2D eigenvalue weighted by Crippen LogP contribution is 2.29. The molecule has 0 aromatic carbocycles. The third-order valence-corrected chi connectivity index (χ3v) is 2.99. The van der Waals surface area contributed by atoms with Crippen molar-refractivity contribution in [2.24, 2.45) is 5.92 Å². The van der Waals surface area contributed by atoms with Gasteiger partial charge in [-0.15, -0.1) is 0 Å². The number of amides is 1. The summed E-state index contributed by atoms with van der Waals surface area (Å²) in [5, 5.41) is 0. The Labute approximate surface area is 97.6 Å². The van der Waals surface area contributed by atoms with Crippen LogP contribution in [0, 0.1) is 5.92 Å². The summed E-state index contributed by atoms with van der Waals surface area (Å²) in [6, 6.07) is 3.58. The van der Waals surface area contributed by atoms with Crippen molar-refractivity contribution in [1.82, 2.24) is 9.88 Å². The van der Waals surface area contributed by atoms with Gasteiger partial charge in [-0.05, 0) is 46.8 Å². The van der Waals surface area contributed by atoms with Crippen LogP contribution >= 0.6 is 15.9 Å². The van der Waals surface area contributed by atoms with Gasteiger partial charge in [-0.2, -0.15) is 0 Å². The summed E-state index contributed by atoms with van der Waals surface area (Å²) in [6.45, 7) is 0.858. The topological polar surface area (TPSA) is 33.2 Å². The summed E-state index contributed by atoms with van der Waals surface area (Å²) in [7, 11) is 1.84. The van der Waals surface area contributed by atoms with Crippen LogP contribution in [0.3, 0.4) is 0 Å². The van der Waals surface area contributed by atoms with Crippen LogP contribution in [-0.2, 0) is 0 Å². The van der Waals surface area contributed by atoms with Crippen molar-refractivity contribution < 1.29 is 4.79 Å². The molecule has 0 saturated heterocycles. The van der Waals surface area contributed by atoms with Crippen LogP contribution in [0.25, 0.3) is 0 Å². The van der Waals surface area contributed by atoms with Gasteiger partial charge in [0.05, 0.1) is 0 Å². The number of aromatic nitrogens is 1. The Morgan fingerprint density at radius 1 is 1.60 bits per heavy atom. The van der Waals surface area contributed by atoms with Crippen molar-refractivity contribution in [1.29, 1.82) is 0 Å². The van der Waals surface area contributed by atoms with E-state index in [9.17, 15) is 4.79 Å². The molecular weight excluding hydrogens is 256 g/mol. The number of carbonyl (C=O) groups excluding carboxylic acids is 1. The van der Waals surface area contributed by atoms with Crippen molar-refractivity contribution in [3.63, 3.8) is 0 Å². The molecule has 0 spiro atoms. The van der Waals surface area contributed by atoms with E-state index >= 15 is 0 Å². The summed E-state index contributed by atoms with van der Waals surface area (Å²) in [4.78, 5) is 17.7. The predicted octanol–water partition coefficient (Wildman–Crippen LogP) is 2.33. The number of hydrogen-bond acceptors (Lipinski definition) is 2. The van der Waals surface area contributed by atoms with E-state index < -0.39 is 0 Å². The standard InChI is InChI=1S/C11H13BrN2O/c1-14(7-8-2-3-8)11(15)10-5-4-9(12)6-13-10/h4-6,8H,2-3,7H2,1H3. The zero-order valence-corrected chi connectivity index (χ0v) is 10.2. The number of hydrogen-bond donors (Lipinski definition) is 0. The van der Waals surface area contributed by atoms with Crippen LogP contribution < -0.4 is 0 Å². The molecule has 0 bridgehead atoms. The van der Waals surface area contributed by atoms with E-state index in [4.69, 9.17) is 0 Å². The molecule has 80 valence electrons. The zero-order valence-electron chi connectivity index (χ0n) is 8.61. The van der Waals surface area contributed by atoms with Gasteiger partial charge in [0.2, 0.25) is 0 Å². The third-order valence-electron chi connectivity index (χ3n) is 2.52. The SMILES string of the molecule is CN(CC1CC1)C(=O)c1ccc(Br)cn1. The van der Waals surface area contributed by atoms with Gasteiger partial charge in [0.1, 0.15) is 5.69 Å². The van der Waals surface area contributed by atoms with E-state index in [1.807, 2.05) is 13.1 Å². The minimum Gasteiger partial charge on any atom is -0.340 e. The van der Waals surface area contributed by atoms with E-state index in [1.165, 1.54) is 12.8 Å². The van der Waals surface area contributed by atoms with Crippen LogP contribution in [0.1, 0.15) is 23.3 Å². The molecule has 1 amide bonds. The zero-order chi connectivity index (χ0) is 10.8. The van der Waals surface area contributed by atoms with Gasteiger partial charge in [-0.25, -0.2) is 4.98 Å². The summed E-state index contributed by atoms with van der Waals surface area (Å²) in [6.07, 6.45) is 4.16. The van der Waals surface area contributed by atoms with Crippen LogP contribution in [0.5, 0.6) is 0 Å². The predicted molar refractivity (Wildman–Crippen MR) is 61.6 cm³/mol. The van der Waals surface area contributed by atoms with Gasteiger partial charge >= 0.3 is 0 Å². The Morgan fingerprint density at radius 3 is 2.87 bits per heavy atom. The van der Waals surface area contributed by atoms with Crippen LogP contribution in [0.15, 0.2) is 22.8 Å². The van der Waals surface area contributed by atoms with E-state index in [2.05, 4.69) is 20.9 Å². The molecule has 15 heavy (non-hydrogen) atoms. The summed E-state index contributed by atoms with van der Waals surface area (Å²) >= 11 is 3.29. The summed E-state index contributed by atoms with van der Waals surface area (Å²) < 4.78 is 0.892. The molecule has 1 aliphatic carbocycles. The molecule has 4 heteroatoms. The minimum absolute atomic E-state index is 0.00870. The maximum absolute atomic E-state index is 11.9.